The first-order valence-corrected chi connectivity index (χ1v) is 5.12. The van der Waals surface area contributed by atoms with Crippen molar-refractivity contribution in [2.24, 2.45) is 0 Å². The summed E-state index contributed by atoms with van der Waals surface area (Å²) < 4.78 is 36.9. The summed E-state index contributed by atoms with van der Waals surface area (Å²) in [5.74, 6) is -1.63. The standard InChI is InChI=1S/C10H6F3NOS/c11-10(12,13)8(15)5-9-14-6-3-1-2-4-7(6)16-9/h1-5,15H. The number of allylic oxidation sites excluding steroid dienone is 1. The lowest BCUT2D eigenvalue weighted by atomic mass is 10.3. The molecule has 0 spiro atoms. The van der Waals surface area contributed by atoms with Gasteiger partial charge in [-0.3, -0.25) is 0 Å². The molecular weight excluding hydrogens is 239 g/mol. The molecule has 0 aliphatic carbocycles. The first-order chi connectivity index (χ1) is 7.47. The van der Waals surface area contributed by atoms with Crippen molar-refractivity contribution < 1.29 is 18.3 Å². The number of alkyl halides is 3. The number of halogens is 3. The van der Waals surface area contributed by atoms with E-state index in [0.717, 1.165) is 16.0 Å². The Kier molecular flexibility index (Phi) is 2.59. The fraction of sp³-hybridized carbons (Fsp3) is 0.100. The highest BCUT2D eigenvalue weighted by molar-refractivity contribution is 7.19. The second kappa shape index (κ2) is 3.79. The monoisotopic (exact) mass is 245 g/mol. The van der Waals surface area contributed by atoms with Crippen molar-refractivity contribution in [2.45, 2.75) is 6.18 Å². The molecule has 1 heterocycles. The second-order valence-electron chi connectivity index (χ2n) is 3.05. The normalized spacial score (nSPS) is 13.3. The van der Waals surface area contributed by atoms with E-state index in [4.69, 9.17) is 5.11 Å². The van der Waals surface area contributed by atoms with Crippen molar-refractivity contribution in [2.75, 3.05) is 0 Å². The van der Waals surface area contributed by atoms with Gasteiger partial charge in [0.1, 0.15) is 5.01 Å². The maximum atomic E-state index is 12.0. The van der Waals surface area contributed by atoms with Gasteiger partial charge in [0.15, 0.2) is 0 Å². The molecule has 0 radical (unpaired) electrons. The Morgan fingerprint density at radius 2 is 2.00 bits per heavy atom. The Bertz CT molecular complexity index is 511. The van der Waals surface area contributed by atoms with Crippen LogP contribution >= 0.6 is 11.3 Å². The molecule has 16 heavy (non-hydrogen) atoms. The number of aliphatic hydroxyl groups is 1. The third-order valence-corrected chi connectivity index (χ3v) is 2.84. The lowest BCUT2D eigenvalue weighted by molar-refractivity contribution is -0.119. The zero-order chi connectivity index (χ0) is 11.8. The smallest absolute Gasteiger partial charge is 0.448 e. The number of fused-ring (bicyclic) bond motifs is 1. The van der Waals surface area contributed by atoms with E-state index in [1.54, 1.807) is 24.3 Å². The molecule has 2 rings (SSSR count). The molecule has 1 aromatic carbocycles. The summed E-state index contributed by atoms with van der Waals surface area (Å²) in [7, 11) is 0. The molecule has 1 N–H and O–H groups in total. The average molecular weight is 245 g/mol. The summed E-state index contributed by atoms with van der Waals surface area (Å²) in [5, 5.41) is 8.90. The average Bonchev–Trinajstić information content (AvgIpc) is 2.58. The van der Waals surface area contributed by atoms with Crippen LogP contribution in [0.1, 0.15) is 5.01 Å². The Morgan fingerprint density at radius 3 is 2.62 bits per heavy atom. The van der Waals surface area contributed by atoms with Crippen LogP contribution in [0.25, 0.3) is 16.3 Å². The predicted octanol–water partition coefficient (Wildman–Crippen LogP) is 3.76. The summed E-state index contributed by atoms with van der Waals surface area (Å²) >= 11 is 1.09. The molecule has 0 aliphatic heterocycles. The Morgan fingerprint density at radius 1 is 1.31 bits per heavy atom. The number of hydrogen-bond donors (Lipinski definition) is 1. The van der Waals surface area contributed by atoms with Gasteiger partial charge in [0.2, 0.25) is 5.76 Å². The van der Waals surface area contributed by atoms with Gasteiger partial charge < -0.3 is 5.11 Å². The van der Waals surface area contributed by atoms with Crippen molar-refractivity contribution in [3.8, 4) is 0 Å². The van der Waals surface area contributed by atoms with Crippen LogP contribution in [0.5, 0.6) is 0 Å². The molecule has 0 atom stereocenters. The van der Waals surface area contributed by atoms with E-state index in [0.29, 0.717) is 11.6 Å². The van der Waals surface area contributed by atoms with E-state index in [-0.39, 0.29) is 5.01 Å². The molecule has 0 aliphatic rings. The maximum absolute atomic E-state index is 12.0. The number of para-hydroxylation sites is 1. The lowest BCUT2D eigenvalue weighted by Crippen LogP contribution is -2.10. The van der Waals surface area contributed by atoms with E-state index in [9.17, 15) is 13.2 Å². The van der Waals surface area contributed by atoms with Crippen LogP contribution in [-0.4, -0.2) is 16.3 Å². The molecule has 0 saturated heterocycles. The van der Waals surface area contributed by atoms with Gasteiger partial charge in [0, 0.05) is 6.08 Å². The molecule has 0 unspecified atom stereocenters. The largest absolute Gasteiger partial charge is 0.504 e. The second-order valence-corrected chi connectivity index (χ2v) is 4.11. The maximum Gasteiger partial charge on any atom is 0.448 e. The van der Waals surface area contributed by atoms with Gasteiger partial charge in [-0.05, 0) is 12.1 Å². The highest BCUT2D eigenvalue weighted by Crippen LogP contribution is 2.28. The Labute approximate surface area is 92.7 Å². The number of benzene rings is 1. The van der Waals surface area contributed by atoms with Gasteiger partial charge in [-0.15, -0.1) is 11.3 Å². The van der Waals surface area contributed by atoms with Gasteiger partial charge >= 0.3 is 6.18 Å². The summed E-state index contributed by atoms with van der Waals surface area (Å²) in [6.07, 6.45) is -4.09. The highest BCUT2D eigenvalue weighted by Gasteiger charge is 2.33. The topological polar surface area (TPSA) is 33.1 Å². The quantitative estimate of drug-likeness (QED) is 0.776. The van der Waals surface area contributed by atoms with Gasteiger partial charge in [0.25, 0.3) is 0 Å². The van der Waals surface area contributed by atoms with Gasteiger partial charge in [-0.1, -0.05) is 12.1 Å². The van der Waals surface area contributed by atoms with Crippen molar-refractivity contribution in [3.05, 3.63) is 35.0 Å². The van der Waals surface area contributed by atoms with E-state index < -0.39 is 11.9 Å². The first kappa shape index (κ1) is 10.9. The lowest BCUT2D eigenvalue weighted by Gasteiger charge is -2.02. The molecular formula is C10H6F3NOS. The van der Waals surface area contributed by atoms with Crippen molar-refractivity contribution >= 4 is 27.6 Å². The summed E-state index contributed by atoms with van der Waals surface area (Å²) in [6, 6.07) is 6.99. The molecule has 0 bridgehead atoms. The Hall–Kier alpha value is -1.56. The minimum Gasteiger partial charge on any atom is -0.504 e. The minimum atomic E-state index is -4.72. The molecule has 0 amide bonds. The van der Waals surface area contributed by atoms with Crippen LogP contribution in [0.4, 0.5) is 13.2 Å². The molecule has 6 heteroatoms. The van der Waals surface area contributed by atoms with E-state index in [2.05, 4.69) is 4.98 Å². The summed E-state index contributed by atoms with van der Waals surface area (Å²) in [4.78, 5) is 3.95. The molecule has 0 fully saturated rings. The number of rotatable bonds is 1. The molecule has 84 valence electrons. The SMILES string of the molecule is OC(=Cc1nc2ccccc2s1)C(F)(F)F. The number of aliphatic hydroxyl groups excluding tert-OH is 1. The van der Waals surface area contributed by atoms with Gasteiger partial charge in [-0.25, -0.2) is 4.98 Å². The highest BCUT2D eigenvalue weighted by atomic mass is 32.1. The van der Waals surface area contributed by atoms with E-state index >= 15 is 0 Å². The summed E-state index contributed by atoms with van der Waals surface area (Å²) in [5.41, 5.74) is 0.619. The van der Waals surface area contributed by atoms with Crippen molar-refractivity contribution in [1.29, 1.82) is 0 Å². The number of nitrogens with zero attached hydrogens (tertiary/aromatic N) is 1. The number of aromatic nitrogens is 1. The van der Waals surface area contributed by atoms with Crippen molar-refractivity contribution in [3.63, 3.8) is 0 Å². The fourth-order valence-electron chi connectivity index (χ4n) is 1.15. The molecule has 1 aromatic heterocycles. The third-order valence-electron chi connectivity index (χ3n) is 1.86. The van der Waals surface area contributed by atoms with Crippen LogP contribution in [0.3, 0.4) is 0 Å². The van der Waals surface area contributed by atoms with Crippen LogP contribution < -0.4 is 0 Å². The fourth-order valence-corrected chi connectivity index (χ4v) is 2.06. The number of thiazole rings is 1. The molecule has 2 nitrogen and oxygen atoms in total. The first-order valence-electron chi connectivity index (χ1n) is 4.30. The predicted molar refractivity (Wildman–Crippen MR) is 56.3 cm³/mol. The van der Waals surface area contributed by atoms with E-state index in [1.807, 2.05) is 0 Å². The van der Waals surface area contributed by atoms with Crippen LogP contribution in [0.15, 0.2) is 30.0 Å². The van der Waals surface area contributed by atoms with Crippen molar-refractivity contribution in [1.82, 2.24) is 4.98 Å². The number of hydrogen-bond acceptors (Lipinski definition) is 3. The molecule has 2 aromatic rings. The van der Waals surface area contributed by atoms with E-state index in [1.165, 1.54) is 0 Å². The Balaban J connectivity index is 2.42. The van der Waals surface area contributed by atoms with Gasteiger partial charge in [-0.2, -0.15) is 13.2 Å². The minimum absolute atomic E-state index is 0.135. The third kappa shape index (κ3) is 2.16. The zero-order valence-electron chi connectivity index (χ0n) is 7.82. The summed E-state index contributed by atoms with van der Waals surface area (Å²) in [6.45, 7) is 0. The van der Waals surface area contributed by atoms with Crippen LogP contribution in [0, 0.1) is 0 Å². The van der Waals surface area contributed by atoms with Crippen LogP contribution in [-0.2, 0) is 0 Å². The van der Waals surface area contributed by atoms with Gasteiger partial charge in [0.05, 0.1) is 10.2 Å². The molecule has 0 saturated carbocycles. The van der Waals surface area contributed by atoms with Crippen LogP contribution in [0.2, 0.25) is 0 Å². The zero-order valence-corrected chi connectivity index (χ0v) is 8.64.